The van der Waals surface area contributed by atoms with E-state index in [1.54, 1.807) is 24.0 Å². The van der Waals surface area contributed by atoms with Gasteiger partial charge < -0.3 is 14.6 Å². The Balaban J connectivity index is 1.49. The molecule has 1 atom stereocenters. The van der Waals surface area contributed by atoms with Gasteiger partial charge in [0.1, 0.15) is 5.69 Å². The van der Waals surface area contributed by atoms with E-state index in [-0.39, 0.29) is 11.8 Å². The zero-order valence-electron chi connectivity index (χ0n) is 14.3. The van der Waals surface area contributed by atoms with E-state index in [0.717, 1.165) is 11.9 Å². The summed E-state index contributed by atoms with van der Waals surface area (Å²) in [6.07, 6.45) is 4.51. The highest BCUT2D eigenvalue weighted by molar-refractivity contribution is 5.92. The molecule has 0 bridgehead atoms. The summed E-state index contributed by atoms with van der Waals surface area (Å²) in [4.78, 5) is 17.9. The molecule has 0 saturated carbocycles. The lowest BCUT2D eigenvalue weighted by molar-refractivity contribution is 0.0726. The van der Waals surface area contributed by atoms with Crippen molar-refractivity contribution < 1.29 is 9.53 Å². The number of nitrogens with zero attached hydrogens (tertiary/aromatic N) is 3. The third-order valence-corrected chi connectivity index (χ3v) is 4.81. The predicted molar refractivity (Wildman–Crippen MR) is 95.4 cm³/mol. The zero-order valence-corrected chi connectivity index (χ0v) is 14.3. The number of nitrogens with one attached hydrogen (secondary N) is 1. The quantitative estimate of drug-likeness (QED) is 0.796. The van der Waals surface area contributed by atoms with Crippen LogP contribution in [0.5, 0.6) is 0 Å². The van der Waals surface area contributed by atoms with Crippen LogP contribution in [0.3, 0.4) is 0 Å². The fraction of sp³-hybridized carbons (Fsp3) is 0.368. The Morgan fingerprint density at radius 1 is 1.36 bits per heavy atom. The van der Waals surface area contributed by atoms with E-state index in [1.165, 1.54) is 10.9 Å². The van der Waals surface area contributed by atoms with Gasteiger partial charge in [-0.15, -0.1) is 0 Å². The summed E-state index contributed by atoms with van der Waals surface area (Å²) >= 11 is 0. The molecule has 1 aliphatic heterocycles. The normalized spacial score (nSPS) is 18.4. The van der Waals surface area contributed by atoms with E-state index in [2.05, 4.69) is 34.3 Å². The van der Waals surface area contributed by atoms with E-state index < -0.39 is 0 Å². The van der Waals surface area contributed by atoms with Crippen LogP contribution in [0.1, 0.15) is 16.1 Å². The Labute approximate surface area is 146 Å². The van der Waals surface area contributed by atoms with E-state index in [1.807, 2.05) is 11.1 Å². The molecule has 1 aliphatic rings. The predicted octanol–water partition coefficient (Wildman–Crippen LogP) is 2.23. The molecule has 0 spiro atoms. The highest BCUT2D eigenvalue weighted by Crippen LogP contribution is 2.19. The number of H-pyrrole nitrogens is 1. The second-order valence-electron chi connectivity index (χ2n) is 6.64. The molecule has 25 heavy (non-hydrogen) atoms. The van der Waals surface area contributed by atoms with Gasteiger partial charge in [0, 0.05) is 44.0 Å². The van der Waals surface area contributed by atoms with Crippen LogP contribution in [0.2, 0.25) is 0 Å². The van der Waals surface area contributed by atoms with Gasteiger partial charge in [-0.25, -0.2) is 0 Å². The molecule has 130 valence electrons. The number of fused-ring (bicyclic) bond motifs is 1. The summed E-state index contributed by atoms with van der Waals surface area (Å²) in [5.41, 5.74) is 3.04. The van der Waals surface area contributed by atoms with Crippen molar-refractivity contribution in [3.05, 3.63) is 54.0 Å². The number of hydrogen-bond acceptors (Lipinski definition) is 3. The summed E-state index contributed by atoms with van der Waals surface area (Å²) in [5, 5.41) is 5.32. The van der Waals surface area contributed by atoms with E-state index >= 15 is 0 Å². The number of rotatable bonds is 3. The number of aromatic nitrogens is 3. The summed E-state index contributed by atoms with van der Waals surface area (Å²) in [5.74, 6) is 0.313. The molecule has 1 saturated heterocycles. The second kappa shape index (κ2) is 6.72. The van der Waals surface area contributed by atoms with Gasteiger partial charge >= 0.3 is 0 Å². The molecule has 3 heterocycles. The minimum absolute atomic E-state index is 0.0246. The standard InChI is InChI=1S/C19H22N4O2/c1-22-18(5-7-21-22)19(24)23-8-9-25-13-15(12-23)10-14-2-3-17-16(11-14)4-6-20-17/h2-7,11,15,20H,8-10,12-13H2,1H3. The summed E-state index contributed by atoms with van der Waals surface area (Å²) in [7, 11) is 1.80. The molecule has 1 aromatic carbocycles. The van der Waals surface area contributed by atoms with Crippen molar-refractivity contribution in [3.63, 3.8) is 0 Å². The molecule has 6 heteroatoms. The Hall–Kier alpha value is -2.60. The molecule has 0 radical (unpaired) electrons. The van der Waals surface area contributed by atoms with Gasteiger partial charge in [-0.3, -0.25) is 9.48 Å². The van der Waals surface area contributed by atoms with Crippen molar-refractivity contribution in [2.45, 2.75) is 6.42 Å². The first-order valence-corrected chi connectivity index (χ1v) is 8.62. The SMILES string of the molecule is Cn1nccc1C(=O)N1CCOCC(Cc2ccc3[nH]ccc3c2)C1. The van der Waals surface area contributed by atoms with Gasteiger partial charge in [0.05, 0.1) is 13.2 Å². The van der Waals surface area contributed by atoms with Crippen LogP contribution in [0.4, 0.5) is 0 Å². The topological polar surface area (TPSA) is 63.1 Å². The highest BCUT2D eigenvalue weighted by Gasteiger charge is 2.25. The zero-order chi connectivity index (χ0) is 17.2. The Bertz CT molecular complexity index is 882. The van der Waals surface area contributed by atoms with Crippen LogP contribution < -0.4 is 0 Å². The monoisotopic (exact) mass is 338 g/mol. The van der Waals surface area contributed by atoms with E-state index in [0.29, 0.717) is 32.0 Å². The van der Waals surface area contributed by atoms with Gasteiger partial charge in [0.15, 0.2) is 0 Å². The molecular weight excluding hydrogens is 316 g/mol. The largest absolute Gasteiger partial charge is 0.379 e. The molecule has 1 amide bonds. The van der Waals surface area contributed by atoms with Crippen LogP contribution in [0.25, 0.3) is 10.9 Å². The van der Waals surface area contributed by atoms with Crippen molar-refractivity contribution in [1.82, 2.24) is 19.7 Å². The maximum Gasteiger partial charge on any atom is 0.272 e. The van der Waals surface area contributed by atoms with Gasteiger partial charge in [0.2, 0.25) is 0 Å². The lowest BCUT2D eigenvalue weighted by Gasteiger charge is -2.23. The summed E-state index contributed by atoms with van der Waals surface area (Å²) in [6.45, 7) is 2.59. The maximum absolute atomic E-state index is 12.8. The maximum atomic E-state index is 12.8. The van der Waals surface area contributed by atoms with Crippen molar-refractivity contribution in [2.75, 3.05) is 26.3 Å². The fourth-order valence-corrected chi connectivity index (χ4v) is 3.50. The number of amides is 1. The number of aromatic amines is 1. The lowest BCUT2D eigenvalue weighted by Crippen LogP contribution is -2.37. The molecular formula is C19H22N4O2. The van der Waals surface area contributed by atoms with Gasteiger partial charge in [0.25, 0.3) is 5.91 Å². The van der Waals surface area contributed by atoms with Gasteiger partial charge in [-0.2, -0.15) is 5.10 Å². The number of ether oxygens (including phenoxy) is 1. The van der Waals surface area contributed by atoms with Gasteiger partial charge in [-0.05, 0) is 41.6 Å². The second-order valence-corrected chi connectivity index (χ2v) is 6.64. The first-order valence-electron chi connectivity index (χ1n) is 8.62. The van der Waals surface area contributed by atoms with Crippen LogP contribution in [0.15, 0.2) is 42.7 Å². The van der Waals surface area contributed by atoms with Crippen molar-refractivity contribution >= 4 is 16.8 Å². The number of carbonyl (C=O) groups is 1. The third kappa shape index (κ3) is 3.30. The molecule has 1 N–H and O–H groups in total. The average molecular weight is 338 g/mol. The Morgan fingerprint density at radius 2 is 2.28 bits per heavy atom. The number of benzene rings is 1. The van der Waals surface area contributed by atoms with E-state index in [9.17, 15) is 4.79 Å². The van der Waals surface area contributed by atoms with Crippen LogP contribution in [-0.4, -0.2) is 51.9 Å². The minimum Gasteiger partial charge on any atom is -0.379 e. The smallest absolute Gasteiger partial charge is 0.272 e. The molecule has 6 nitrogen and oxygen atoms in total. The fourth-order valence-electron chi connectivity index (χ4n) is 3.50. The Kier molecular flexibility index (Phi) is 4.28. The van der Waals surface area contributed by atoms with Crippen LogP contribution in [-0.2, 0) is 18.2 Å². The minimum atomic E-state index is 0.0246. The Morgan fingerprint density at radius 3 is 3.12 bits per heavy atom. The van der Waals surface area contributed by atoms with Crippen molar-refractivity contribution in [3.8, 4) is 0 Å². The lowest BCUT2D eigenvalue weighted by atomic mass is 9.98. The summed E-state index contributed by atoms with van der Waals surface area (Å²) < 4.78 is 7.39. The molecule has 2 aromatic heterocycles. The van der Waals surface area contributed by atoms with Crippen LogP contribution >= 0.6 is 0 Å². The molecule has 3 aromatic rings. The van der Waals surface area contributed by atoms with Crippen molar-refractivity contribution in [2.24, 2.45) is 13.0 Å². The third-order valence-electron chi connectivity index (χ3n) is 4.81. The molecule has 4 rings (SSSR count). The first-order chi connectivity index (χ1) is 12.2. The summed E-state index contributed by atoms with van der Waals surface area (Å²) in [6, 6.07) is 10.3. The number of hydrogen-bond donors (Lipinski definition) is 1. The number of aryl methyl sites for hydroxylation is 1. The van der Waals surface area contributed by atoms with Crippen molar-refractivity contribution in [1.29, 1.82) is 0 Å². The molecule has 1 fully saturated rings. The van der Waals surface area contributed by atoms with Gasteiger partial charge in [-0.1, -0.05) is 6.07 Å². The molecule has 1 unspecified atom stereocenters. The highest BCUT2D eigenvalue weighted by atomic mass is 16.5. The van der Waals surface area contributed by atoms with Crippen LogP contribution in [0, 0.1) is 5.92 Å². The first kappa shape index (κ1) is 15.9. The molecule has 0 aliphatic carbocycles. The van der Waals surface area contributed by atoms with E-state index in [4.69, 9.17) is 4.74 Å². The number of carbonyl (C=O) groups excluding carboxylic acids is 1. The average Bonchev–Trinajstić information content (AvgIpc) is 3.18.